The number of rotatable bonds is 5. The predicted octanol–water partition coefficient (Wildman–Crippen LogP) is 1.49. The summed E-state index contributed by atoms with van der Waals surface area (Å²) in [6.45, 7) is 4.21. The van der Waals surface area contributed by atoms with Gasteiger partial charge in [-0.25, -0.2) is 0 Å². The Hall–Kier alpha value is -1.83. The lowest BCUT2D eigenvalue weighted by molar-refractivity contribution is 0.0894. The number of aliphatic hydroxyl groups is 1. The molecule has 0 heterocycles. The molecule has 1 unspecified atom stereocenters. The Morgan fingerprint density at radius 2 is 2.20 bits per heavy atom. The van der Waals surface area contributed by atoms with E-state index in [-0.39, 0.29) is 18.6 Å². The highest BCUT2D eigenvalue weighted by Gasteiger charge is 2.12. The highest BCUT2D eigenvalue weighted by Crippen LogP contribution is 2.09. The van der Waals surface area contributed by atoms with E-state index in [1.165, 1.54) is 0 Å². The molecule has 4 nitrogen and oxygen atoms in total. The molecule has 0 aliphatic rings. The summed E-state index contributed by atoms with van der Waals surface area (Å²) in [5, 5.41) is 11.7. The van der Waals surface area contributed by atoms with Crippen molar-refractivity contribution in [1.82, 2.24) is 5.32 Å². The van der Waals surface area contributed by atoms with Crippen molar-refractivity contribution in [3.63, 3.8) is 0 Å². The van der Waals surface area contributed by atoms with Crippen molar-refractivity contribution in [2.24, 2.45) is 0 Å². The number of aryl methyl sites for hydroxylation is 1. The summed E-state index contributed by atoms with van der Waals surface area (Å²) < 4.78 is 5.07. The normalized spacial score (nSPS) is 11.4. The van der Waals surface area contributed by atoms with Gasteiger partial charge in [0.25, 0.3) is 5.91 Å². The minimum Gasteiger partial charge on any atom is -0.384 e. The van der Waals surface area contributed by atoms with E-state index < -0.39 is 0 Å². The molecule has 0 saturated carbocycles. The van der Waals surface area contributed by atoms with Gasteiger partial charge < -0.3 is 15.2 Å². The van der Waals surface area contributed by atoms with E-state index in [0.29, 0.717) is 12.2 Å². The van der Waals surface area contributed by atoms with Gasteiger partial charge in [0.1, 0.15) is 6.61 Å². The number of nitrogens with one attached hydrogen (secondary N) is 1. The molecular weight excluding hydrogens is 254 g/mol. The van der Waals surface area contributed by atoms with E-state index >= 15 is 0 Å². The maximum Gasteiger partial charge on any atom is 0.251 e. The quantitative estimate of drug-likeness (QED) is 0.801. The monoisotopic (exact) mass is 275 g/mol. The molecule has 0 bridgehead atoms. The SMILES string of the molecule is CCC(COC)NC(=O)c1cc(C)cc(C#CCO)c1. The third kappa shape index (κ3) is 5.04. The van der Waals surface area contributed by atoms with Gasteiger partial charge in [-0.3, -0.25) is 4.79 Å². The van der Waals surface area contributed by atoms with Gasteiger partial charge in [0.2, 0.25) is 0 Å². The number of carbonyl (C=O) groups excluding carboxylic acids is 1. The lowest BCUT2D eigenvalue weighted by Crippen LogP contribution is -2.37. The van der Waals surface area contributed by atoms with E-state index in [1.54, 1.807) is 13.2 Å². The van der Waals surface area contributed by atoms with Crippen molar-refractivity contribution in [3.05, 3.63) is 34.9 Å². The highest BCUT2D eigenvalue weighted by molar-refractivity contribution is 5.95. The number of hydrogen-bond donors (Lipinski definition) is 2. The summed E-state index contributed by atoms with van der Waals surface area (Å²) in [5.74, 6) is 5.27. The molecule has 0 spiro atoms. The van der Waals surface area contributed by atoms with Crippen LogP contribution in [0.5, 0.6) is 0 Å². The van der Waals surface area contributed by atoms with Crippen LogP contribution < -0.4 is 5.32 Å². The Kier molecular flexibility index (Phi) is 6.78. The van der Waals surface area contributed by atoms with Crippen molar-refractivity contribution >= 4 is 5.91 Å². The number of methoxy groups -OCH3 is 1. The van der Waals surface area contributed by atoms with Crippen LogP contribution in [0.15, 0.2) is 18.2 Å². The summed E-state index contributed by atoms with van der Waals surface area (Å²) in [6, 6.07) is 5.43. The smallest absolute Gasteiger partial charge is 0.251 e. The molecule has 1 aromatic carbocycles. The van der Waals surface area contributed by atoms with Crippen molar-refractivity contribution in [3.8, 4) is 11.8 Å². The van der Waals surface area contributed by atoms with E-state index in [2.05, 4.69) is 17.2 Å². The van der Waals surface area contributed by atoms with Crippen molar-refractivity contribution < 1.29 is 14.6 Å². The van der Waals surface area contributed by atoms with E-state index in [1.807, 2.05) is 26.0 Å². The van der Waals surface area contributed by atoms with Gasteiger partial charge >= 0.3 is 0 Å². The summed E-state index contributed by atoms with van der Waals surface area (Å²) in [7, 11) is 1.62. The highest BCUT2D eigenvalue weighted by atomic mass is 16.5. The molecule has 4 heteroatoms. The van der Waals surface area contributed by atoms with Crippen LogP contribution in [0, 0.1) is 18.8 Å². The van der Waals surface area contributed by atoms with Crippen LogP contribution in [0.25, 0.3) is 0 Å². The van der Waals surface area contributed by atoms with E-state index in [9.17, 15) is 4.79 Å². The van der Waals surface area contributed by atoms with Gasteiger partial charge in [-0.2, -0.15) is 0 Å². The Morgan fingerprint density at radius 1 is 1.45 bits per heavy atom. The molecule has 0 aliphatic heterocycles. The van der Waals surface area contributed by atoms with Crippen LogP contribution in [0.1, 0.15) is 34.8 Å². The first-order chi connectivity index (χ1) is 9.60. The second-order valence-electron chi connectivity index (χ2n) is 4.58. The Morgan fingerprint density at radius 3 is 2.80 bits per heavy atom. The van der Waals surface area contributed by atoms with Gasteiger partial charge in [0.05, 0.1) is 12.6 Å². The number of carbonyl (C=O) groups is 1. The van der Waals surface area contributed by atoms with Gasteiger partial charge in [0.15, 0.2) is 0 Å². The average Bonchev–Trinajstić information content (AvgIpc) is 2.43. The zero-order valence-electron chi connectivity index (χ0n) is 12.2. The maximum absolute atomic E-state index is 12.2. The maximum atomic E-state index is 12.2. The minimum absolute atomic E-state index is 0.0000109. The summed E-state index contributed by atoms with van der Waals surface area (Å²) >= 11 is 0. The van der Waals surface area contributed by atoms with E-state index in [4.69, 9.17) is 9.84 Å². The molecule has 108 valence electrons. The van der Waals surface area contributed by atoms with Crippen molar-refractivity contribution in [2.75, 3.05) is 20.3 Å². The number of hydrogen-bond acceptors (Lipinski definition) is 3. The van der Waals surface area contributed by atoms with Crippen LogP contribution in [0.4, 0.5) is 0 Å². The molecular formula is C16H21NO3. The number of aliphatic hydroxyl groups excluding tert-OH is 1. The molecule has 1 rings (SSSR count). The van der Waals surface area contributed by atoms with Crippen LogP contribution in [-0.2, 0) is 4.74 Å². The lowest BCUT2D eigenvalue weighted by Gasteiger charge is -2.16. The molecule has 0 fully saturated rings. The summed E-state index contributed by atoms with van der Waals surface area (Å²) in [6.07, 6.45) is 0.808. The average molecular weight is 275 g/mol. The number of amides is 1. The Bertz CT molecular complexity index is 514. The number of benzene rings is 1. The van der Waals surface area contributed by atoms with Crippen molar-refractivity contribution in [2.45, 2.75) is 26.3 Å². The van der Waals surface area contributed by atoms with Gasteiger partial charge in [-0.15, -0.1) is 0 Å². The van der Waals surface area contributed by atoms with Crippen LogP contribution in [-0.4, -0.2) is 37.4 Å². The molecule has 0 saturated heterocycles. The molecule has 20 heavy (non-hydrogen) atoms. The zero-order chi connectivity index (χ0) is 15.0. The van der Waals surface area contributed by atoms with Gasteiger partial charge in [-0.1, -0.05) is 18.8 Å². The molecule has 2 N–H and O–H groups in total. The molecule has 1 atom stereocenters. The fourth-order valence-corrected chi connectivity index (χ4v) is 1.86. The second kappa shape index (κ2) is 8.36. The fourth-order valence-electron chi connectivity index (χ4n) is 1.86. The zero-order valence-corrected chi connectivity index (χ0v) is 12.2. The van der Waals surface area contributed by atoms with Crippen LogP contribution >= 0.6 is 0 Å². The first kappa shape index (κ1) is 16.2. The third-order valence-electron chi connectivity index (χ3n) is 2.85. The Balaban J connectivity index is 2.89. The number of ether oxygens (including phenoxy) is 1. The topological polar surface area (TPSA) is 58.6 Å². The lowest BCUT2D eigenvalue weighted by atomic mass is 10.1. The van der Waals surface area contributed by atoms with E-state index in [0.717, 1.165) is 17.5 Å². The molecule has 0 radical (unpaired) electrons. The summed E-state index contributed by atoms with van der Waals surface area (Å²) in [4.78, 5) is 12.2. The molecule has 0 aliphatic carbocycles. The second-order valence-corrected chi connectivity index (χ2v) is 4.58. The Labute approximate surface area is 120 Å². The third-order valence-corrected chi connectivity index (χ3v) is 2.85. The van der Waals surface area contributed by atoms with Crippen LogP contribution in [0.3, 0.4) is 0 Å². The fraction of sp³-hybridized carbons (Fsp3) is 0.438. The minimum atomic E-state index is -0.193. The van der Waals surface area contributed by atoms with Gasteiger partial charge in [-0.05, 0) is 37.1 Å². The largest absolute Gasteiger partial charge is 0.384 e. The predicted molar refractivity (Wildman–Crippen MR) is 78.6 cm³/mol. The molecule has 0 aromatic heterocycles. The molecule has 1 aromatic rings. The van der Waals surface area contributed by atoms with Crippen LogP contribution in [0.2, 0.25) is 0 Å². The standard InChI is InChI=1S/C16H21NO3/c1-4-15(11-20-3)17-16(19)14-9-12(2)8-13(10-14)6-5-7-18/h8-10,15,18H,4,7,11H2,1-3H3,(H,17,19). The van der Waals surface area contributed by atoms with Gasteiger partial charge in [0, 0.05) is 18.2 Å². The first-order valence-electron chi connectivity index (χ1n) is 6.62. The molecule has 1 amide bonds. The summed E-state index contributed by atoms with van der Waals surface area (Å²) in [5.41, 5.74) is 2.26. The first-order valence-corrected chi connectivity index (χ1v) is 6.62. The van der Waals surface area contributed by atoms with Crippen molar-refractivity contribution in [1.29, 1.82) is 0 Å².